The summed E-state index contributed by atoms with van der Waals surface area (Å²) in [7, 11) is -3.76. The number of hydrogen-bond acceptors (Lipinski definition) is 7. The molecule has 0 saturated carbocycles. The number of rotatable bonds is 5. The van der Waals surface area contributed by atoms with Gasteiger partial charge >= 0.3 is 13.9 Å². The first-order valence-corrected chi connectivity index (χ1v) is 8.75. The summed E-state index contributed by atoms with van der Waals surface area (Å²) in [6.45, 7) is 3.91. The van der Waals surface area contributed by atoms with Crippen LogP contribution in [0.1, 0.15) is 19.4 Å². The molecule has 0 fully saturated rings. The lowest BCUT2D eigenvalue weighted by atomic mass is 10.1. The standard InChI is InChI=1S/C14H17N2O6P/c1-3-20-23(18,21-4-2)22-12-8-16-13-10(9-19-14(16)17)6-5-7-11(13)15-12/h5-7H,3-4,8-9H2,1-2H3. The molecule has 0 spiro atoms. The average Bonchev–Trinajstić information content (AvgIpc) is 2.51. The Morgan fingerprint density at radius 3 is 2.74 bits per heavy atom. The summed E-state index contributed by atoms with van der Waals surface area (Å²) in [6, 6.07) is 5.42. The molecule has 3 rings (SSSR count). The third-order valence-corrected chi connectivity index (χ3v) is 4.85. The zero-order valence-electron chi connectivity index (χ0n) is 12.9. The number of carbonyl (C=O) groups excluding carboxylic acids is 1. The summed E-state index contributed by atoms with van der Waals surface area (Å²) in [5, 5.41) is 0. The van der Waals surface area contributed by atoms with Crippen LogP contribution in [0.25, 0.3) is 0 Å². The van der Waals surface area contributed by atoms with Crippen LogP contribution >= 0.6 is 7.82 Å². The van der Waals surface area contributed by atoms with Crippen molar-refractivity contribution in [2.45, 2.75) is 20.5 Å². The van der Waals surface area contributed by atoms with Crippen molar-refractivity contribution < 1.29 is 27.7 Å². The zero-order chi connectivity index (χ0) is 16.4. The second kappa shape index (κ2) is 6.31. The number of aliphatic imine (C=N–C) groups is 1. The van der Waals surface area contributed by atoms with Gasteiger partial charge in [-0.2, -0.15) is 0 Å². The Labute approximate surface area is 133 Å². The maximum absolute atomic E-state index is 12.5. The van der Waals surface area contributed by atoms with E-state index in [1.165, 1.54) is 4.90 Å². The van der Waals surface area contributed by atoms with E-state index in [4.69, 9.17) is 18.3 Å². The Morgan fingerprint density at radius 2 is 2.04 bits per heavy atom. The molecule has 0 aliphatic carbocycles. The lowest BCUT2D eigenvalue weighted by Gasteiger charge is -2.33. The first kappa shape index (κ1) is 16.0. The van der Waals surface area contributed by atoms with Gasteiger partial charge in [-0.3, -0.25) is 13.9 Å². The molecule has 0 unspecified atom stereocenters. The minimum atomic E-state index is -3.76. The Balaban J connectivity index is 1.93. The molecule has 1 aromatic carbocycles. The molecule has 0 atom stereocenters. The van der Waals surface area contributed by atoms with Gasteiger partial charge in [-0.15, -0.1) is 0 Å². The Morgan fingerprint density at radius 1 is 1.30 bits per heavy atom. The molecule has 0 radical (unpaired) electrons. The van der Waals surface area contributed by atoms with Gasteiger partial charge in [0.05, 0.1) is 24.6 Å². The van der Waals surface area contributed by atoms with Gasteiger partial charge in [-0.1, -0.05) is 12.1 Å². The first-order chi connectivity index (χ1) is 11.1. The molecule has 23 heavy (non-hydrogen) atoms. The first-order valence-electron chi connectivity index (χ1n) is 7.28. The minimum absolute atomic E-state index is 0.00693. The van der Waals surface area contributed by atoms with Gasteiger partial charge in [-0.25, -0.2) is 14.4 Å². The van der Waals surface area contributed by atoms with Gasteiger partial charge < -0.3 is 9.26 Å². The third kappa shape index (κ3) is 3.10. The van der Waals surface area contributed by atoms with Gasteiger partial charge in [-0.05, 0) is 19.9 Å². The normalized spacial score (nSPS) is 16.5. The molecule has 2 aliphatic heterocycles. The zero-order valence-corrected chi connectivity index (χ0v) is 13.7. The van der Waals surface area contributed by atoms with Crippen molar-refractivity contribution in [3.63, 3.8) is 0 Å². The predicted molar refractivity (Wildman–Crippen MR) is 83.0 cm³/mol. The highest BCUT2D eigenvalue weighted by atomic mass is 31.2. The molecule has 2 aliphatic rings. The van der Waals surface area contributed by atoms with E-state index in [-0.39, 0.29) is 32.3 Å². The van der Waals surface area contributed by atoms with Crippen molar-refractivity contribution in [2.24, 2.45) is 4.99 Å². The highest BCUT2D eigenvalue weighted by Gasteiger charge is 2.36. The molecule has 0 aromatic heterocycles. The summed E-state index contributed by atoms with van der Waals surface area (Å²) >= 11 is 0. The van der Waals surface area contributed by atoms with Crippen LogP contribution in [0.4, 0.5) is 16.2 Å². The minimum Gasteiger partial charge on any atom is -0.444 e. The van der Waals surface area contributed by atoms with E-state index in [0.717, 1.165) is 5.56 Å². The van der Waals surface area contributed by atoms with E-state index < -0.39 is 13.9 Å². The molecule has 0 saturated heterocycles. The average molecular weight is 340 g/mol. The number of amides is 1. The number of para-hydroxylation sites is 1. The number of anilines is 1. The molecule has 0 bridgehead atoms. The van der Waals surface area contributed by atoms with Gasteiger partial charge in [0.25, 0.3) is 0 Å². The highest BCUT2D eigenvalue weighted by Crippen LogP contribution is 2.50. The molecular weight excluding hydrogens is 323 g/mol. The lowest BCUT2D eigenvalue weighted by molar-refractivity contribution is 0.141. The van der Waals surface area contributed by atoms with Crippen molar-refractivity contribution in [1.29, 1.82) is 0 Å². The van der Waals surface area contributed by atoms with Gasteiger partial charge in [0.2, 0.25) is 5.90 Å². The number of nitrogens with zero attached hydrogens (tertiary/aromatic N) is 2. The quantitative estimate of drug-likeness (QED) is 0.764. The maximum Gasteiger partial charge on any atom is 0.531 e. The van der Waals surface area contributed by atoms with E-state index in [2.05, 4.69) is 4.99 Å². The molecule has 2 heterocycles. The van der Waals surface area contributed by atoms with Gasteiger partial charge in [0.1, 0.15) is 13.2 Å². The lowest BCUT2D eigenvalue weighted by Crippen LogP contribution is -2.41. The summed E-state index contributed by atoms with van der Waals surface area (Å²) in [6.07, 6.45) is -0.497. The predicted octanol–water partition coefficient (Wildman–Crippen LogP) is 3.38. The van der Waals surface area contributed by atoms with Crippen molar-refractivity contribution >= 4 is 31.2 Å². The smallest absolute Gasteiger partial charge is 0.444 e. The van der Waals surface area contributed by atoms with E-state index in [9.17, 15) is 9.36 Å². The van der Waals surface area contributed by atoms with Crippen molar-refractivity contribution in [3.8, 4) is 0 Å². The molecular formula is C14H17N2O6P. The van der Waals surface area contributed by atoms with E-state index in [0.29, 0.717) is 11.4 Å². The second-order valence-corrected chi connectivity index (χ2v) is 6.40. The van der Waals surface area contributed by atoms with Crippen LogP contribution in [0.2, 0.25) is 0 Å². The fourth-order valence-electron chi connectivity index (χ4n) is 2.44. The fourth-order valence-corrected chi connectivity index (χ4v) is 3.61. The third-order valence-electron chi connectivity index (χ3n) is 3.27. The van der Waals surface area contributed by atoms with Crippen LogP contribution < -0.4 is 4.90 Å². The topological polar surface area (TPSA) is 86.7 Å². The maximum atomic E-state index is 12.5. The van der Waals surface area contributed by atoms with E-state index >= 15 is 0 Å². The fraction of sp³-hybridized carbons (Fsp3) is 0.429. The van der Waals surface area contributed by atoms with Crippen molar-refractivity contribution in [1.82, 2.24) is 0 Å². The second-order valence-electron chi connectivity index (χ2n) is 4.81. The number of carbonyl (C=O) groups is 1. The highest BCUT2D eigenvalue weighted by molar-refractivity contribution is 7.49. The number of hydrogen-bond donors (Lipinski definition) is 0. The molecule has 1 aromatic rings. The van der Waals surface area contributed by atoms with Gasteiger partial charge in [0.15, 0.2) is 0 Å². The van der Waals surface area contributed by atoms with E-state index in [1.807, 2.05) is 12.1 Å². The largest absolute Gasteiger partial charge is 0.531 e. The van der Waals surface area contributed by atoms with Crippen LogP contribution in [0, 0.1) is 0 Å². The number of phosphoric ester groups is 1. The number of cyclic esters (lactones) is 1. The monoisotopic (exact) mass is 340 g/mol. The Hall–Kier alpha value is -1.89. The number of phosphoric acid groups is 1. The molecule has 9 heteroatoms. The Bertz CT molecular complexity index is 695. The van der Waals surface area contributed by atoms with Crippen molar-refractivity contribution in [2.75, 3.05) is 24.7 Å². The van der Waals surface area contributed by atoms with Gasteiger partial charge in [0, 0.05) is 5.56 Å². The summed E-state index contributed by atoms with van der Waals surface area (Å²) in [5.74, 6) is 0.0822. The van der Waals surface area contributed by atoms with Crippen LogP contribution in [-0.4, -0.2) is 31.7 Å². The van der Waals surface area contributed by atoms with E-state index in [1.54, 1.807) is 19.9 Å². The van der Waals surface area contributed by atoms with Crippen LogP contribution in [-0.2, 0) is 29.5 Å². The number of ether oxygens (including phenoxy) is 1. The van der Waals surface area contributed by atoms with Crippen LogP contribution in [0.3, 0.4) is 0 Å². The molecule has 8 nitrogen and oxygen atoms in total. The summed E-state index contributed by atoms with van der Waals surface area (Å²) in [5.41, 5.74) is 2.11. The van der Waals surface area contributed by atoms with Crippen LogP contribution in [0.15, 0.2) is 23.2 Å². The summed E-state index contributed by atoms with van der Waals surface area (Å²) in [4.78, 5) is 17.7. The molecule has 1 amide bonds. The molecule has 124 valence electrons. The van der Waals surface area contributed by atoms with Crippen molar-refractivity contribution in [3.05, 3.63) is 23.8 Å². The molecule has 0 N–H and O–H groups in total. The SMILES string of the molecule is CCOP(=O)(OCC)OC1=Nc2cccc3c2N(C1)C(=O)OC3. The Kier molecular flexibility index (Phi) is 4.39. The van der Waals surface area contributed by atoms with Crippen LogP contribution in [0.5, 0.6) is 0 Å². The number of benzene rings is 1. The summed E-state index contributed by atoms with van der Waals surface area (Å²) < 4.78 is 33.1.